The predicted octanol–water partition coefficient (Wildman–Crippen LogP) is 1.22. The van der Waals surface area contributed by atoms with Crippen molar-refractivity contribution < 1.29 is 9.90 Å². The van der Waals surface area contributed by atoms with Crippen molar-refractivity contribution in [2.75, 3.05) is 0 Å². The summed E-state index contributed by atoms with van der Waals surface area (Å²) >= 11 is 0. The Hall–Kier alpha value is -1.35. The lowest BCUT2D eigenvalue weighted by atomic mass is 10.0. The third-order valence-corrected chi connectivity index (χ3v) is 2.35. The average molecular weight is 177 g/mol. The molecule has 0 fully saturated rings. The molecule has 0 amide bonds. The van der Waals surface area contributed by atoms with Crippen molar-refractivity contribution in [3.8, 4) is 0 Å². The number of rotatable bonds is 1. The molecule has 0 spiro atoms. The third-order valence-electron chi connectivity index (χ3n) is 2.35. The molecule has 2 rings (SSSR count). The summed E-state index contributed by atoms with van der Waals surface area (Å²) in [6.07, 6.45) is 0. The van der Waals surface area contributed by atoms with Crippen molar-refractivity contribution in [3.05, 3.63) is 34.9 Å². The van der Waals surface area contributed by atoms with Crippen LogP contribution in [0.1, 0.15) is 22.7 Å². The lowest BCUT2D eigenvalue weighted by molar-refractivity contribution is -0.139. The molecule has 0 aromatic heterocycles. The summed E-state index contributed by atoms with van der Waals surface area (Å²) in [4.78, 5) is 10.8. The number of carboxylic acids is 1. The van der Waals surface area contributed by atoms with E-state index in [0.717, 1.165) is 11.1 Å². The summed E-state index contributed by atoms with van der Waals surface area (Å²) in [6, 6.07) is 5.35. The van der Waals surface area contributed by atoms with Gasteiger partial charge in [-0.15, -0.1) is 0 Å². The van der Waals surface area contributed by atoms with Crippen LogP contribution in [0.3, 0.4) is 0 Å². The summed E-state index contributed by atoms with van der Waals surface area (Å²) in [5.74, 6) is -0.803. The second-order valence-electron chi connectivity index (χ2n) is 3.35. The van der Waals surface area contributed by atoms with Gasteiger partial charge in [0.05, 0.1) is 0 Å². The number of aliphatic carboxylic acids is 1. The average Bonchev–Trinajstić information content (AvgIpc) is 2.46. The molecule has 0 unspecified atom stereocenters. The fourth-order valence-electron chi connectivity index (χ4n) is 1.71. The van der Waals surface area contributed by atoms with Crippen molar-refractivity contribution in [1.29, 1.82) is 0 Å². The fourth-order valence-corrected chi connectivity index (χ4v) is 1.71. The van der Waals surface area contributed by atoms with E-state index in [2.05, 4.69) is 5.32 Å². The van der Waals surface area contributed by atoms with Crippen LogP contribution in [0.25, 0.3) is 0 Å². The minimum absolute atomic E-state index is 0.518. The van der Waals surface area contributed by atoms with Crippen LogP contribution in [-0.4, -0.2) is 11.1 Å². The van der Waals surface area contributed by atoms with E-state index in [1.165, 1.54) is 5.56 Å². The smallest absolute Gasteiger partial charge is 0.325 e. The van der Waals surface area contributed by atoms with Gasteiger partial charge in [-0.2, -0.15) is 0 Å². The molecule has 0 radical (unpaired) electrons. The molecule has 1 aromatic rings. The predicted molar refractivity (Wildman–Crippen MR) is 48.4 cm³/mol. The standard InChI is InChI=1S/C10H11NO2/c1-6-2-3-8-7(4-6)5-11-9(8)10(12)13/h2-4,9,11H,5H2,1H3,(H,12,13)/t9-/m1/s1. The number of carbonyl (C=O) groups is 1. The molecule has 1 heterocycles. The molecule has 1 aliphatic heterocycles. The number of hydrogen-bond donors (Lipinski definition) is 2. The van der Waals surface area contributed by atoms with Gasteiger partial charge in [0.2, 0.25) is 0 Å². The van der Waals surface area contributed by atoms with Crippen molar-refractivity contribution >= 4 is 5.97 Å². The van der Waals surface area contributed by atoms with E-state index in [1.807, 2.05) is 25.1 Å². The molecule has 3 nitrogen and oxygen atoms in total. The van der Waals surface area contributed by atoms with E-state index in [9.17, 15) is 4.79 Å². The second kappa shape index (κ2) is 2.85. The quantitative estimate of drug-likeness (QED) is 0.678. The minimum atomic E-state index is -0.803. The summed E-state index contributed by atoms with van der Waals surface area (Å²) < 4.78 is 0. The fraction of sp³-hybridized carbons (Fsp3) is 0.300. The van der Waals surface area contributed by atoms with Gasteiger partial charge in [0.25, 0.3) is 0 Å². The Bertz CT molecular complexity index is 360. The van der Waals surface area contributed by atoms with Gasteiger partial charge in [0, 0.05) is 6.54 Å². The van der Waals surface area contributed by atoms with Gasteiger partial charge in [-0.3, -0.25) is 10.1 Å². The zero-order valence-electron chi connectivity index (χ0n) is 7.37. The first kappa shape index (κ1) is 8.26. The topological polar surface area (TPSA) is 49.3 Å². The summed E-state index contributed by atoms with van der Waals surface area (Å²) in [5.41, 5.74) is 3.18. The largest absolute Gasteiger partial charge is 0.480 e. The van der Waals surface area contributed by atoms with Crippen molar-refractivity contribution in [2.45, 2.75) is 19.5 Å². The SMILES string of the molecule is Cc1ccc2c(c1)CN[C@H]2C(=O)O. The van der Waals surface area contributed by atoms with Crippen LogP contribution in [0.5, 0.6) is 0 Å². The number of hydrogen-bond acceptors (Lipinski definition) is 2. The van der Waals surface area contributed by atoms with Crippen LogP contribution < -0.4 is 5.32 Å². The first-order valence-corrected chi connectivity index (χ1v) is 4.24. The van der Waals surface area contributed by atoms with Crippen molar-refractivity contribution in [2.24, 2.45) is 0 Å². The zero-order chi connectivity index (χ0) is 9.42. The van der Waals surface area contributed by atoms with Crippen LogP contribution >= 0.6 is 0 Å². The molecule has 3 heteroatoms. The molecule has 0 aliphatic carbocycles. The van der Waals surface area contributed by atoms with Gasteiger partial charge in [0.1, 0.15) is 6.04 Å². The first-order valence-electron chi connectivity index (χ1n) is 4.24. The van der Waals surface area contributed by atoms with Crippen molar-refractivity contribution in [1.82, 2.24) is 5.32 Å². The molecule has 1 atom stereocenters. The molecule has 1 aliphatic rings. The summed E-state index contributed by atoms with van der Waals surface area (Å²) in [6.45, 7) is 2.67. The van der Waals surface area contributed by atoms with E-state index in [4.69, 9.17) is 5.11 Å². The molecule has 0 saturated carbocycles. The molecule has 1 aromatic carbocycles. The number of benzene rings is 1. The van der Waals surface area contributed by atoms with Crippen LogP contribution in [0.2, 0.25) is 0 Å². The van der Waals surface area contributed by atoms with Crippen LogP contribution in [0.15, 0.2) is 18.2 Å². The normalized spacial score (nSPS) is 19.9. The van der Waals surface area contributed by atoms with Gasteiger partial charge < -0.3 is 5.11 Å². The molecule has 2 N–H and O–H groups in total. The van der Waals surface area contributed by atoms with Crippen molar-refractivity contribution in [3.63, 3.8) is 0 Å². The second-order valence-corrected chi connectivity index (χ2v) is 3.35. The Morgan fingerprint density at radius 3 is 3.08 bits per heavy atom. The van der Waals surface area contributed by atoms with E-state index in [-0.39, 0.29) is 0 Å². The highest BCUT2D eigenvalue weighted by Gasteiger charge is 2.27. The number of nitrogens with one attached hydrogen (secondary N) is 1. The van der Waals surface area contributed by atoms with Crippen LogP contribution in [0.4, 0.5) is 0 Å². The summed E-state index contributed by atoms with van der Waals surface area (Å²) in [5, 5.41) is 11.8. The van der Waals surface area contributed by atoms with Crippen LogP contribution in [-0.2, 0) is 11.3 Å². The van der Waals surface area contributed by atoms with Gasteiger partial charge in [0.15, 0.2) is 0 Å². The third kappa shape index (κ3) is 1.31. The molecular formula is C10H11NO2. The Morgan fingerprint density at radius 2 is 2.38 bits per heavy atom. The highest BCUT2D eigenvalue weighted by atomic mass is 16.4. The number of fused-ring (bicyclic) bond motifs is 1. The molecular weight excluding hydrogens is 166 g/mol. The van der Waals surface area contributed by atoms with E-state index in [1.54, 1.807) is 0 Å². The van der Waals surface area contributed by atoms with Gasteiger partial charge in [-0.25, -0.2) is 0 Å². The highest BCUT2D eigenvalue weighted by Crippen LogP contribution is 2.25. The number of aryl methyl sites for hydroxylation is 1. The Kier molecular flexibility index (Phi) is 1.81. The Labute approximate surface area is 76.4 Å². The maximum Gasteiger partial charge on any atom is 0.325 e. The molecule has 0 saturated heterocycles. The number of carboxylic acid groups (broad SMARTS) is 1. The maximum absolute atomic E-state index is 10.8. The first-order chi connectivity index (χ1) is 6.18. The molecule has 68 valence electrons. The van der Waals surface area contributed by atoms with E-state index < -0.39 is 12.0 Å². The zero-order valence-corrected chi connectivity index (χ0v) is 7.37. The van der Waals surface area contributed by atoms with E-state index in [0.29, 0.717) is 6.54 Å². The molecule has 0 bridgehead atoms. The Morgan fingerprint density at radius 1 is 1.62 bits per heavy atom. The monoisotopic (exact) mass is 177 g/mol. The molecule has 13 heavy (non-hydrogen) atoms. The van der Waals surface area contributed by atoms with Gasteiger partial charge >= 0.3 is 5.97 Å². The highest BCUT2D eigenvalue weighted by molar-refractivity contribution is 5.77. The Balaban J connectivity index is 2.44. The van der Waals surface area contributed by atoms with E-state index >= 15 is 0 Å². The van der Waals surface area contributed by atoms with Crippen LogP contribution in [0, 0.1) is 6.92 Å². The minimum Gasteiger partial charge on any atom is -0.480 e. The maximum atomic E-state index is 10.8. The summed E-state index contributed by atoms with van der Waals surface area (Å²) in [7, 11) is 0. The van der Waals surface area contributed by atoms with Gasteiger partial charge in [-0.05, 0) is 18.1 Å². The lowest BCUT2D eigenvalue weighted by Gasteiger charge is -2.05. The van der Waals surface area contributed by atoms with Gasteiger partial charge in [-0.1, -0.05) is 23.8 Å². The lowest BCUT2D eigenvalue weighted by Crippen LogP contribution is -2.21.